The summed E-state index contributed by atoms with van der Waals surface area (Å²) in [5, 5.41) is 8.66. The Morgan fingerprint density at radius 3 is 2.67 bits per heavy atom. The number of nitrogens with two attached hydrogens (primary N) is 1. The highest BCUT2D eigenvalue weighted by Gasteiger charge is 2.30. The van der Waals surface area contributed by atoms with Crippen molar-refractivity contribution < 1.29 is 0 Å². The lowest BCUT2D eigenvalue weighted by molar-refractivity contribution is 0.468. The molecule has 1 aromatic heterocycles. The molecule has 5 nitrogen and oxygen atoms in total. The molecule has 0 spiro atoms. The third-order valence-corrected chi connectivity index (χ3v) is 5.66. The predicted molar refractivity (Wildman–Crippen MR) is 125 cm³/mol. The van der Waals surface area contributed by atoms with Gasteiger partial charge in [0.2, 0.25) is 0 Å². The summed E-state index contributed by atoms with van der Waals surface area (Å²) < 4.78 is 0. The number of nitrogen functional groups attached to an aromatic ring is 1. The van der Waals surface area contributed by atoms with Gasteiger partial charge in [0.1, 0.15) is 0 Å². The van der Waals surface area contributed by atoms with E-state index in [4.69, 9.17) is 16.1 Å². The maximum atomic E-state index is 8.66. The largest absolute Gasteiger partial charge is 0.398 e. The first-order chi connectivity index (χ1) is 14.5. The lowest BCUT2D eigenvalue weighted by Crippen LogP contribution is -2.21. The van der Waals surface area contributed by atoms with Crippen molar-refractivity contribution in [2.24, 2.45) is 10.9 Å². The van der Waals surface area contributed by atoms with Crippen molar-refractivity contribution in [3.05, 3.63) is 76.9 Å². The minimum absolute atomic E-state index is 0.372. The van der Waals surface area contributed by atoms with Gasteiger partial charge in [0, 0.05) is 60.3 Å². The average molecular weight is 400 g/mol. The number of nitrogens with one attached hydrogen (secondary N) is 1. The van der Waals surface area contributed by atoms with E-state index in [0.717, 1.165) is 40.2 Å². The highest BCUT2D eigenvalue weighted by Crippen LogP contribution is 2.37. The molecule has 0 unspecified atom stereocenters. The van der Waals surface area contributed by atoms with E-state index in [0.29, 0.717) is 23.2 Å². The molecule has 5 heteroatoms. The Balaban J connectivity index is 1.89. The molecular formula is C25H29N5. The molecule has 0 atom stereocenters. The molecule has 2 aromatic rings. The number of pyridine rings is 1. The van der Waals surface area contributed by atoms with Crippen LogP contribution in [0.1, 0.15) is 55.0 Å². The minimum Gasteiger partial charge on any atom is -0.398 e. The number of anilines is 1. The fourth-order valence-electron chi connectivity index (χ4n) is 3.80. The van der Waals surface area contributed by atoms with E-state index in [-0.39, 0.29) is 0 Å². The molecule has 30 heavy (non-hydrogen) atoms. The van der Waals surface area contributed by atoms with Crippen molar-refractivity contribution in [2.75, 3.05) is 19.3 Å². The quantitative estimate of drug-likeness (QED) is 0.538. The Hall–Kier alpha value is -3.21. The SMILES string of the molecule is CN=Cc1cc(/C(=C2\C(=N)C=CN2CC2CC2)c2ccc(C(C)C)nc2)ccc1N. The number of aliphatic imine (C=N–C) groups is 1. The molecule has 0 bridgehead atoms. The van der Waals surface area contributed by atoms with Crippen LogP contribution in [0.2, 0.25) is 0 Å². The molecule has 154 valence electrons. The van der Waals surface area contributed by atoms with Gasteiger partial charge in [0.15, 0.2) is 0 Å². The summed E-state index contributed by atoms with van der Waals surface area (Å²) >= 11 is 0. The van der Waals surface area contributed by atoms with Crippen LogP contribution in [0.25, 0.3) is 5.57 Å². The molecule has 0 saturated heterocycles. The first kappa shape index (κ1) is 20.1. The molecule has 1 aromatic carbocycles. The first-order valence-corrected chi connectivity index (χ1v) is 10.5. The van der Waals surface area contributed by atoms with E-state index in [1.54, 1.807) is 13.3 Å². The van der Waals surface area contributed by atoms with Gasteiger partial charge < -0.3 is 10.6 Å². The van der Waals surface area contributed by atoms with Gasteiger partial charge in [0.25, 0.3) is 0 Å². The number of rotatable bonds is 6. The molecule has 2 aliphatic rings. The zero-order chi connectivity index (χ0) is 21.3. The van der Waals surface area contributed by atoms with Gasteiger partial charge in [-0.05, 0) is 54.5 Å². The fourth-order valence-corrected chi connectivity index (χ4v) is 3.80. The molecule has 1 fully saturated rings. The van der Waals surface area contributed by atoms with Gasteiger partial charge >= 0.3 is 0 Å². The predicted octanol–water partition coefficient (Wildman–Crippen LogP) is 4.85. The first-order valence-electron chi connectivity index (χ1n) is 10.5. The Morgan fingerprint density at radius 2 is 2.03 bits per heavy atom. The number of benzene rings is 1. The van der Waals surface area contributed by atoms with E-state index in [9.17, 15) is 0 Å². The van der Waals surface area contributed by atoms with Crippen LogP contribution in [0.4, 0.5) is 5.69 Å². The topological polar surface area (TPSA) is 78.4 Å². The van der Waals surface area contributed by atoms with Crippen LogP contribution in [0.3, 0.4) is 0 Å². The molecule has 0 amide bonds. The molecule has 2 heterocycles. The van der Waals surface area contributed by atoms with Crippen LogP contribution in [-0.4, -0.2) is 35.4 Å². The van der Waals surface area contributed by atoms with E-state index < -0.39 is 0 Å². The van der Waals surface area contributed by atoms with E-state index >= 15 is 0 Å². The summed E-state index contributed by atoms with van der Waals surface area (Å²) in [6, 6.07) is 10.2. The molecular weight excluding hydrogens is 370 g/mol. The standard InChI is InChI=1S/C25H29N5/c1-16(2)23-9-7-19(14-29-23)24(18-6-8-21(26)20(12-18)13-28-3)25-22(27)10-11-30(25)15-17-4-5-17/h6-14,16-17,27H,4-5,15,26H2,1-3H3/b25-24-,27-22?,28-13?. The normalized spacial score (nSPS) is 18.1. The lowest BCUT2D eigenvalue weighted by Gasteiger charge is -2.23. The van der Waals surface area contributed by atoms with Crippen LogP contribution in [-0.2, 0) is 0 Å². The summed E-state index contributed by atoms with van der Waals surface area (Å²) in [7, 11) is 1.74. The van der Waals surface area contributed by atoms with Gasteiger partial charge in [-0.3, -0.25) is 15.4 Å². The van der Waals surface area contributed by atoms with Crippen LogP contribution < -0.4 is 5.73 Å². The van der Waals surface area contributed by atoms with Crippen molar-refractivity contribution in [1.29, 1.82) is 5.41 Å². The minimum atomic E-state index is 0.372. The molecule has 0 radical (unpaired) electrons. The number of allylic oxidation sites excluding steroid dienone is 1. The summed E-state index contributed by atoms with van der Waals surface area (Å²) in [5.41, 5.74) is 13.3. The second-order valence-electron chi connectivity index (χ2n) is 8.41. The van der Waals surface area contributed by atoms with E-state index in [1.165, 1.54) is 12.8 Å². The molecule has 3 N–H and O–H groups in total. The molecule has 4 rings (SSSR count). The van der Waals surface area contributed by atoms with Crippen molar-refractivity contribution in [1.82, 2.24) is 9.88 Å². The summed E-state index contributed by atoms with van der Waals surface area (Å²) in [5.74, 6) is 1.09. The summed E-state index contributed by atoms with van der Waals surface area (Å²) in [4.78, 5) is 11.1. The number of hydrogen-bond donors (Lipinski definition) is 2. The third kappa shape index (κ3) is 4.06. The molecule has 1 saturated carbocycles. The van der Waals surface area contributed by atoms with Crippen molar-refractivity contribution >= 4 is 23.2 Å². The lowest BCUT2D eigenvalue weighted by atomic mass is 9.93. The highest BCUT2D eigenvalue weighted by atomic mass is 15.1. The fraction of sp³-hybridized carbons (Fsp3) is 0.320. The molecule has 1 aliphatic heterocycles. The maximum Gasteiger partial charge on any atom is 0.0797 e. The summed E-state index contributed by atoms with van der Waals surface area (Å²) in [6.45, 7) is 5.24. The number of nitrogens with zero attached hydrogens (tertiary/aromatic N) is 3. The monoisotopic (exact) mass is 399 g/mol. The van der Waals surface area contributed by atoms with Gasteiger partial charge in [-0.15, -0.1) is 0 Å². The zero-order valence-electron chi connectivity index (χ0n) is 17.9. The Bertz CT molecular complexity index is 1040. The van der Waals surface area contributed by atoms with Crippen molar-refractivity contribution in [3.8, 4) is 0 Å². The van der Waals surface area contributed by atoms with Crippen molar-refractivity contribution in [3.63, 3.8) is 0 Å². The smallest absolute Gasteiger partial charge is 0.0797 e. The van der Waals surface area contributed by atoms with Crippen LogP contribution in [0, 0.1) is 11.3 Å². The zero-order valence-corrected chi connectivity index (χ0v) is 17.9. The van der Waals surface area contributed by atoms with Crippen LogP contribution >= 0.6 is 0 Å². The maximum absolute atomic E-state index is 8.66. The second-order valence-corrected chi connectivity index (χ2v) is 8.41. The Kier molecular flexibility index (Phi) is 5.53. The van der Waals surface area contributed by atoms with E-state index in [2.05, 4.69) is 41.9 Å². The van der Waals surface area contributed by atoms with Crippen molar-refractivity contribution in [2.45, 2.75) is 32.6 Å². The number of hydrogen-bond acceptors (Lipinski definition) is 5. The Morgan fingerprint density at radius 1 is 1.27 bits per heavy atom. The van der Waals surface area contributed by atoms with Gasteiger partial charge in [0.05, 0.1) is 11.4 Å². The van der Waals surface area contributed by atoms with Gasteiger partial charge in [-0.2, -0.15) is 0 Å². The Labute approximate surface area is 178 Å². The van der Waals surface area contributed by atoms with E-state index in [1.807, 2.05) is 30.6 Å². The van der Waals surface area contributed by atoms with Crippen LogP contribution in [0.5, 0.6) is 0 Å². The van der Waals surface area contributed by atoms with Gasteiger partial charge in [-0.1, -0.05) is 26.0 Å². The average Bonchev–Trinajstić information content (AvgIpc) is 3.48. The summed E-state index contributed by atoms with van der Waals surface area (Å²) in [6.07, 6.45) is 10.2. The number of aromatic nitrogens is 1. The second kappa shape index (κ2) is 8.27. The highest BCUT2D eigenvalue weighted by molar-refractivity contribution is 6.14. The van der Waals surface area contributed by atoms with Crippen LogP contribution in [0.15, 0.2) is 59.5 Å². The third-order valence-electron chi connectivity index (χ3n) is 5.66. The molecule has 1 aliphatic carbocycles. The van der Waals surface area contributed by atoms with Gasteiger partial charge in [-0.25, -0.2) is 0 Å².